The number of halogens is 1. The number of hydrogen-bond acceptors (Lipinski definition) is 3. The lowest BCUT2D eigenvalue weighted by Gasteiger charge is -2.04. The highest BCUT2D eigenvalue weighted by atomic mass is 19.1. The van der Waals surface area contributed by atoms with E-state index in [1.807, 2.05) is 0 Å². The Bertz CT molecular complexity index is 981. The van der Waals surface area contributed by atoms with Crippen molar-refractivity contribution in [2.45, 2.75) is 19.4 Å². The summed E-state index contributed by atoms with van der Waals surface area (Å²) in [6, 6.07) is 5.72. The third-order valence-electron chi connectivity index (χ3n) is 3.86. The van der Waals surface area contributed by atoms with Crippen LogP contribution < -0.4 is 11.2 Å². The molecule has 2 aromatic heterocycles. The van der Waals surface area contributed by atoms with E-state index in [0.717, 1.165) is 12.8 Å². The van der Waals surface area contributed by atoms with Gasteiger partial charge in [-0.05, 0) is 37.0 Å². The minimum absolute atomic E-state index is 0.0532. The zero-order valence-corrected chi connectivity index (χ0v) is 11.6. The average molecular weight is 300 g/mol. The monoisotopic (exact) mass is 300 g/mol. The van der Waals surface area contributed by atoms with Crippen LogP contribution in [-0.4, -0.2) is 18.7 Å². The molecule has 0 amide bonds. The molecule has 1 saturated carbocycles. The second-order valence-electron chi connectivity index (χ2n) is 5.55. The van der Waals surface area contributed by atoms with Crippen molar-refractivity contribution in [3.8, 4) is 5.69 Å². The van der Waals surface area contributed by atoms with Crippen LogP contribution in [0.4, 0.5) is 4.39 Å². The quantitative estimate of drug-likeness (QED) is 0.730. The Morgan fingerprint density at radius 3 is 2.77 bits per heavy atom. The normalized spacial score (nSPS) is 14.6. The summed E-state index contributed by atoms with van der Waals surface area (Å²) in [7, 11) is 0. The van der Waals surface area contributed by atoms with Crippen LogP contribution in [0.2, 0.25) is 0 Å². The Morgan fingerprint density at radius 1 is 1.23 bits per heavy atom. The van der Waals surface area contributed by atoms with Gasteiger partial charge >= 0.3 is 11.2 Å². The van der Waals surface area contributed by atoms with E-state index in [1.165, 1.54) is 44.2 Å². The number of nitrogens with zero attached hydrogens (tertiary/aromatic N) is 4. The van der Waals surface area contributed by atoms with Crippen molar-refractivity contribution >= 4 is 5.65 Å². The summed E-state index contributed by atoms with van der Waals surface area (Å²) < 4.78 is 17.2. The Balaban J connectivity index is 1.90. The summed E-state index contributed by atoms with van der Waals surface area (Å²) in [5, 5.41) is 4.14. The molecule has 1 aliphatic rings. The van der Waals surface area contributed by atoms with Crippen molar-refractivity contribution in [2.24, 2.45) is 5.92 Å². The van der Waals surface area contributed by atoms with E-state index in [2.05, 4.69) is 5.10 Å². The molecular formula is C15H13FN4O2. The summed E-state index contributed by atoms with van der Waals surface area (Å²) in [6.07, 6.45) is 5.12. The van der Waals surface area contributed by atoms with Crippen molar-refractivity contribution in [3.63, 3.8) is 0 Å². The van der Waals surface area contributed by atoms with Gasteiger partial charge in [-0.1, -0.05) is 6.07 Å². The third-order valence-corrected chi connectivity index (χ3v) is 3.86. The lowest BCUT2D eigenvalue weighted by molar-refractivity contribution is 0.545. The van der Waals surface area contributed by atoms with Crippen LogP contribution in [0.1, 0.15) is 12.8 Å². The molecule has 1 aromatic carbocycles. The van der Waals surface area contributed by atoms with Gasteiger partial charge in [-0.2, -0.15) is 0 Å². The highest BCUT2D eigenvalue weighted by molar-refractivity contribution is 5.39. The van der Waals surface area contributed by atoms with Crippen molar-refractivity contribution in [2.75, 3.05) is 0 Å². The molecule has 6 nitrogen and oxygen atoms in total. The van der Waals surface area contributed by atoms with Gasteiger partial charge in [0.05, 0.1) is 5.69 Å². The van der Waals surface area contributed by atoms with Crippen LogP contribution in [0.3, 0.4) is 0 Å². The largest absolute Gasteiger partial charge is 0.350 e. The molecule has 0 aliphatic heterocycles. The molecule has 2 heterocycles. The lowest BCUT2D eigenvalue weighted by atomic mass is 10.3. The summed E-state index contributed by atoms with van der Waals surface area (Å²) in [5.41, 5.74) is -0.306. The first-order valence-electron chi connectivity index (χ1n) is 7.10. The topological polar surface area (TPSA) is 61.3 Å². The van der Waals surface area contributed by atoms with Gasteiger partial charge < -0.3 is 0 Å². The Hall–Kier alpha value is -2.70. The van der Waals surface area contributed by atoms with Gasteiger partial charge in [0.15, 0.2) is 0 Å². The molecule has 0 N–H and O–H groups in total. The van der Waals surface area contributed by atoms with Crippen molar-refractivity contribution in [1.82, 2.24) is 18.7 Å². The van der Waals surface area contributed by atoms with Crippen LogP contribution in [-0.2, 0) is 6.54 Å². The standard InChI is InChI=1S/C15H13FN4O2/c16-11-2-1-3-12(8-11)18-6-7-19-13(14(18)21)17-20(15(19)22)9-10-4-5-10/h1-3,6-8,10H,4-5,9H2. The second kappa shape index (κ2) is 4.66. The van der Waals surface area contributed by atoms with Gasteiger partial charge in [0, 0.05) is 18.9 Å². The van der Waals surface area contributed by atoms with Crippen LogP contribution in [0.15, 0.2) is 46.2 Å². The zero-order valence-electron chi connectivity index (χ0n) is 11.6. The van der Waals surface area contributed by atoms with Gasteiger partial charge in [0.2, 0.25) is 5.65 Å². The van der Waals surface area contributed by atoms with Gasteiger partial charge in [-0.3, -0.25) is 9.36 Å². The van der Waals surface area contributed by atoms with E-state index in [0.29, 0.717) is 18.2 Å². The van der Waals surface area contributed by atoms with E-state index in [4.69, 9.17) is 0 Å². The van der Waals surface area contributed by atoms with Crippen molar-refractivity contribution < 1.29 is 4.39 Å². The molecule has 1 fully saturated rings. The average Bonchev–Trinajstić information content (AvgIpc) is 3.26. The van der Waals surface area contributed by atoms with E-state index in [9.17, 15) is 14.0 Å². The summed E-state index contributed by atoms with van der Waals surface area (Å²) in [4.78, 5) is 24.7. The molecule has 0 unspecified atom stereocenters. The van der Waals surface area contributed by atoms with Crippen molar-refractivity contribution in [3.05, 3.63) is 63.3 Å². The van der Waals surface area contributed by atoms with E-state index in [-0.39, 0.29) is 11.3 Å². The molecule has 0 radical (unpaired) electrons. The fraction of sp³-hybridized carbons (Fsp3) is 0.267. The number of aromatic nitrogens is 4. The van der Waals surface area contributed by atoms with E-state index < -0.39 is 11.4 Å². The van der Waals surface area contributed by atoms with Gasteiger partial charge in [-0.15, -0.1) is 5.10 Å². The lowest BCUT2D eigenvalue weighted by Crippen LogP contribution is -2.24. The molecule has 3 aromatic rings. The molecule has 7 heteroatoms. The number of rotatable bonds is 3. The summed E-state index contributed by atoms with van der Waals surface area (Å²) in [5.74, 6) is 0.0500. The molecule has 0 saturated heterocycles. The molecular weight excluding hydrogens is 287 g/mol. The smallest absolute Gasteiger partial charge is 0.279 e. The highest BCUT2D eigenvalue weighted by Gasteiger charge is 2.24. The summed E-state index contributed by atoms with van der Waals surface area (Å²) >= 11 is 0. The molecule has 22 heavy (non-hydrogen) atoms. The number of benzene rings is 1. The van der Waals surface area contributed by atoms with E-state index in [1.54, 1.807) is 6.07 Å². The Morgan fingerprint density at radius 2 is 2.05 bits per heavy atom. The van der Waals surface area contributed by atoms with Crippen LogP contribution in [0.5, 0.6) is 0 Å². The molecule has 112 valence electrons. The minimum atomic E-state index is -0.445. The maximum Gasteiger partial charge on any atom is 0.350 e. The SMILES string of the molecule is O=c1c2nn(CC3CC3)c(=O)n2ccn1-c1cccc(F)c1. The zero-order chi connectivity index (χ0) is 15.3. The van der Waals surface area contributed by atoms with Gasteiger partial charge in [0.25, 0.3) is 0 Å². The maximum atomic E-state index is 13.3. The predicted octanol–water partition coefficient (Wildman–Crippen LogP) is 1.20. The van der Waals surface area contributed by atoms with Crippen LogP contribution in [0, 0.1) is 11.7 Å². The third kappa shape index (κ3) is 2.05. The first kappa shape index (κ1) is 13.0. The van der Waals surface area contributed by atoms with Crippen LogP contribution in [0.25, 0.3) is 11.3 Å². The maximum absolute atomic E-state index is 13.3. The molecule has 0 bridgehead atoms. The van der Waals surface area contributed by atoms with Crippen molar-refractivity contribution in [1.29, 1.82) is 0 Å². The highest BCUT2D eigenvalue weighted by Crippen LogP contribution is 2.29. The van der Waals surface area contributed by atoms with Gasteiger partial charge in [0.1, 0.15) is 5.82 Å². The summed E-state index contributed by atoms with van der Waals surface area (Å²) in [6.45, 7) is 0.542. The Labute approximate surface area is 124 Å². The molecule has 4 rings (SSSR count). The predicted molar refractivity (Wildman–Crippen MR) is 77.7 cm³/mol. The van der Waals surface area contributed by atoms with Gasteiger partial charge in [-0.25, -0.2) is 18.3 Å². The molecule has 0 atom stereocenters. The first-order chi connectivity index (χ1) is 10.6. The number of fused-ring (bicyclic) bond motifs is 1. The fourth-order valence-electron chi connectivity index (χ4n) is 2.50. The Kier molecular flexibility index (Phi) is 2.75. The minimum Gasteiger partial charge on any atom is -0.279 e. The van der Waals surface area contributed by atoms with E-state index >= 15 is 0 Å². The number of hydrogen-bond donors (Lipinski definition) is 0. The molecule has 0 spiro atoms. The fourth-order valence-corrected chi connectivity index (χ4v) is 2.50. The first-order valence-corrected chi connectivity index (χ1v) is 7.10. The molecule has 1 aliphatic carbocycles. The van der Waals surface area contributed by atoms with Crippen LogP contribution >= 0.6 is 0 Å². The second-order valence-corrected chi connectivity index (χ2v) is 5.55.